The van der Waals surface area contributed by atoms with E-state index < -0.39 is 35.6 Å². The zero-order chi connectivity index (χ0) is 18.1. The predicted octanol–water partition coefficient (Wildman–Crippen LogP) is 2.64. The highest BCUT2D eigenvalue weighted by Gasteiger charge is 2.30. The molecule has 0 amide bonds. The molecule has 2 rings (SSSR count). The van der Waals surface area contributed by atoms with Gasteiger partial charge in [0.15, 0.2) is 0 Å². The Kier molecular flexibility index (Phi) is 4.59. The summed E-state index contributed by atoms with van der Waals surface area (Å²) in [7, 11) is 0. The van der Waals surface area contributed by atoms with Gasteiger partial charge in [-0.05, 0) is 17.7 Å². The molecule has 1 aromatic carbocycles. The minimum Gasteiger partial charge on any atom is -0.305 e. The van der Waals surface area contributed by atoms with Crippen molar-refractivity contribution in [2.75, 3.05) is 0 Å². The van der Waals surface area contributed by atoms with E-state index in [-0.39, 0.29) is 16.7 Å². The molecule has 0 aliphatic rings. The lowest BCUT2D eigenvalue weighted by atomic mass is 10.1. The second-order valence-electron chi connectivity index (χ2n) is 4.97. The van der Waals surface area contributed by atoms with Gasteiger partial charge in [-0.15, -0.1) is 0 Å². The third-order valence-electron chi connectivity index (χ3n) is 3.12. The Balaban J connectivity index is 2.27. The van der Waals surface area contributed by atoms with E-state index in [0.717, 1.165) is 41.2 Å². The van der Waals surface area contributed by atoms with Crippen LogP contribution in [0.1, 0.15) is 11.1 Å². The van der Waals surface area contributed by atoms with Gasteiger partial charge in [0.2, 0.25) is 0 Å². The summed E-state index contributed by atoms with van der Waals surface area (Å²) in [4.78, 5) is 23.4. The van der Waals surface area contributed by atoms with Crippen LogP contribution in [-0.4, -0.2) is 15.3 Å². The topological polar surface area (TPSA) is 44.0 Å². The van der Waals surface area contributed by atoms with Crippen molar-refractivity contribution in [2.24, 2.45) is 0 Å². The van der Waals surface area contributed by atoms with E-state index in [0.29, 0.717) is 0 Å². The minimum absolute atomic E-state index is 0.228. The van der Waals surface area contributed by atoms with Crippen LogP contribution in [0.15, 0.2) is 46.2 Å². The van der Waals surface area contributed by atoms with Gasteiger partial charge in [0, 0.05) is 12.4 Å². The molecule has 2 aromatic rings. The van der Waals surface area contributed by atoms with Crippen molar-refractivity contribution in [3.8, 4) is 0 Å². The van der Waals surface area contributed by atoms with Crippen LogP contribution in [0.2, 0.25) is 0 Å². The Bertz CT molecular complexity index is 831. The molecule has 0 atom stereocenters. The van der Waals surface area contributed by atoms with Gasteiger partial charge < -0.3 is 9.13 Å². The first-order valence-corrected chi connectivity index (χ1v) is 6.50. The smallest absolute Gasteiger partial charge is 0.305 e. The number of rotatable bonds is 3. The van der Waals surface area contributed by atoms with Crippen molar-refractivity contribution in [3.63, 3.8) is 0 Å². The zero-order valence-electron chi connectivity index (χ0n) is 11.9. The molecular weight excluding hydrogens is 342 g/mol. The number of nitrogens with zero attached hydrogens (tertiary/aromatic N) is 2. The average Bonchev–Trinajstić information content (AvgIpc) is 2.45. The largest absolute Gasteiger partial charge is 0.416 e. The molecule has 24 heavy (non-hydrogen) atoms. The number of halogens is 6. The quantitative estimate of drug-likeness (QED) is 0.630. The molecule has 0 radical (unpaired) electrons. The monoisotopic (exact) mass is 352 g/mol. The Hall–Kier alpha value is -2.52. The molecule has 0 aliphatic carbocycles. The fourth-order valence-electron chi connectivity index (χ4n) is 1.98. The SMILES string of the molecule is O=c1c(=O)n(CC(F)(F)F)ccn1Cc1ccc(C(F)(F)F)cc1. The molecule has 1 heterocycles. The number of alkyl halides is 6. The lowest BCUT2D eigenvalue weighted by molar-refractivity contribution is -0.141. The lowest BCUT2D eigenvalue weighted by Crippen LogP contribution is -2.42. The van der Waals surface area contributed by atoms with E-state index in [2.05, 4.69) is 0 Å². The van der Waals surface area contributed by atoms with Gasteiger partial charge in [0.1, 0.15) is 6.54 Å². The van der Waals surface area contributed by atoms with E-state index in [1.807, 2.05) is 0 Å². The van der Waals surface area contributed by atoms with Crippen LogP contribution >= 0.6 is 0 Å². The van der Waals surface area contributed by atoms with Gasteiger partial charge in [-0.1, -0.05) is 12.1 Å². The van der Waals surface area contributed by atoms with Crippen LogP contribution in [0.25, 0.3) is 0 Å². The highest BCUT2D eigenvalue weighted by molar-refractivity contribution is 5.24. The second kappa shape index (κ2) is 6.17. The fourth-order valence-corrected chi connectivity index (χ4v) is 1.98. The first-order valence-electron chi connectivity index (χ1n) is 6.50. The van der Waals surface area contributed by atoms with Gasteiger partial charge in [0.25, 0.3) is 0 Å². The van der Waals surface area contributed by atoms with Crippen LogP contribution in [0.4, 0.5) is 26.3 Å². The summed E-state index contributed by atoms with van der Waals surface area (Å²) >= 11 is 0. The molecule has 10 heteroatoms. The van der Waals surface area contributed by atoms with Crippen molar-refractivity contribution in [2.45, 2.75) is 25.4 Å². The van der Waals surface area contributed by atoms with Gasteiger partial charge >= 0.3 is 23.5 Å². The highest BCUT2D eigenvalue weighted by atomic mass is 19.4. The molecule has 0 spiro atoms. The van der Waals surface area contributed by atoms with E-state index in [4.69, 9.17) is 0 Å². The third kappa shape index (κ3) is 4.27. The Morgan fingerprint density at radius 3 is 1.79 bits per heavy atom. The minimum atomic E-state index is -4.66. The first kappa shape index (κ1) is 17.8. The lowest BCUT2D eigenvalue weighted by Gasteiger charge is -2.11. The summed E-state index contributed by atoms with van der Waals surface area (Å²) in [5, 5.41) is 0. The molecule has 0 saturated heterocycles. The normalized spacial score (nSPS) is 12.4. The third-order valence-corrected chi connectivity index (χ3v) is 3.12. The summed E-state index contributed by atoms with van der Waals surface area (Å²) in [5.74, 6) is 0. The van der Waals surface area contributed by atoms with Crippen molar-refractivity contribution in [1.29, 1.82) is 0 Å². The molecule has 130 valence electrons. The number of benzene rings is 1. The molecule has 0 aliphatic heterocycles. The molecule has 1 aromatic heterocycles. The maximum Gasteiger partial charge on any atom is 0.416 e. The standard InChI is InChI=1S/C14H10F6N2O2/c15-13(16,17)8-22-6-5-21(11(23)12(22)24)7-9-1-3-10(4-2-9)14(18,19)20/h1-6H,7-8H2. The van der Waals surface area contributed by atoms with Gasteiger partial charge in [0.05, 0.1) is 12.1 Å². The summed E-state index contributed by atoms with van der Waals surface area (Å²) in [5.41, 5.74) is -3.14. The Morgan fingerprint density at radius 2 is 1.29 bits per heavy atom. The van der Waals surface area contributed by atoms with Crippen LogP contribution in [-0.2, 0) is 19.3 Å². The summed E-state index contributed by atoms with van der Waals surface area (Å²) in [6.07, 6.45) is -7.38. The number of aromatic nitrogens is 2. The zero-order valence-corrected chi connectivity index (χ0v) is 11.9. The van der Waals surface area contributed by atoms with Crippen molar-refractivity contribution in [1.82, 2.24) is 9.13 Å². The first-order chi connectivity index (χ1) is 11.0. The maximum atomic E-state index is 12.5. The van der Waals surface area contributed by atoms with Gasteiger partial charge in [-0.25, -0.2) is 0 Å². The van der Waals surface area contributed by atoms with Crippen molar-refractivity contribution < 1.29 is 26.3 Å². The average molecular weight is 352 g/mol. The molecule has 0 fully saturated rings. The van der Waals surface area contributed by atoms with Crippen LogP contribution in [0, 0.1) is 0 Å². The van der Waals surface area contributed by atoms with E-state index in [1.54, 1.807) is 0 Å². The molecule has 4 nitrogen and oxygen atoms in total. The van der Waals surface area contributed by atoms with Crippen molar-refractivity contribution in [3.05, 3.63) is 68.5 Å². The maximum absolute atomic E-state index is 12.5. The van der Waals surface area contributed by atoms with Crippen LogP contribution in [0.3, 0.4) is 0 Å². The summed E-state index contributed by atoms with van der Waals surface area (Å²) < 4.78 is 75.2. The Labute approximate surface area is 130 Å². The van der Waals surface area contributed by atoms with Crippen LogP contribution in [0.5, 0.6) is 0 Å². The highest BCUT2D eigenvalue weighted by Crippen LogP contribution is 2.29. The molecule has 0 unspecified atom stereocenters. The van der Waals surface area contributed by atoms with E-state index in [9.17, 15) is 35.9 Å². The second-order valence-corrected chi connectivity index (χ2v) is 4.97. The van der Waals surface area contributed by atoms with E-state index in [1.165, 1.54) is 0 Å². The number of hydrogen-bond donors (Lipinski definition) is 0. The fraction of sp³-hybridized carbons (Fsp3) is 0.286. The van der Waals surface area contributed by atoms with Gasteiger partial charge in [-0.3, -0.25) is 9.59 Å². The predicted molar refractivity (Wildman–Crippen MR) is 71.6 cm³/mol. The molecular formula is C14H10F6N2O2. The van der Waals surface area contributed by atoms with Crippen LogP contribution < -0.4 is 11.1 Å². The molecule has 0 saturated carbocycles. The molecule has 0 N–H and O–H groups in total. The molecule has 0 bridgehead atoms. The van der Waals surface area contributed by atoms with Crippen molar-refractivity contribution >= 4 is 0 Å². The summed E-state index contributed by atoms with van der Waals surface area (Å²) in [6.45, 7) is -1.83. The number of hydrogen-bond acceptors (Lipinski definition) is 2. The Morgan fingerprint density at radius 1 is 0.792 bits per heavy atom. The van der Waals surface area contributed by atoms with E-state index >= 15 is 0 Å². The van der Waals surface area contributed by atoms with Gasteiger partial charge in [-0.2, -0.15) is 26.3 Å². The summed E-state index contributed by atoms with van der Waals surface area (Å²) in [6, 6.07) is 3.86.